The molecule has 0 fully saturated rings. The van der Waals surface area contributed by atoms with E-state index in [2.05, 4.69) is 0 Å². The summed E-state index contributed by atoms with van der Waals surface area (Å²) < 4.78 is 39.7. The number of fused-ring (bicyclic) bond motifs is 1. The van der Waals surface area contributed by atoms with Crippen molar-refractivity contribution in [2.45, 2.75) is 6.18 Å². The average molecular weight is 346 g/mol. The molecule has 0 atom stereocenters. The zero-order valence-electron chi connectivity index (χ0n) is 10.7. The number of halogens is 4. The maximum atomic E-state index is 12.7. The van der Waals surface area contributed by atoms with Gasteiger partial charge >= 0.3 is 11.0 Å². The van der Waals surface area contributed by atoms with Crippen molar-refractivity contribution in [2.75, 3.05) is 0 Å². The number of aromatic nitrogens is 1. The molecule has 114 valence electrons. The van der Waals surface area contributed by atoms with Gasteiger partial charge in [-0.2, -0.15) is 13.2 Å². The number of alkyl halides is 3. The molecule has 1 aromatic heterocycles. The van der Waals surface area contributed by atoms with Gasteiger partial charge in [-0.25, -0.2) is 0 Å². The largest absolute Gasteiger partial charge is 0.508 e. The van der Waals surface area contributed by atoms with Crippen LogP contribution >= 0.6 is 22.9 Å². The Kier molecular flexibility index (Phi) is 3.41. The van der Waals surface area contributed by atoms with Crippen molar-refractivity contribution in [1.82, 2.24) is 4.57 Å². The van der Waals surface area contributed by atoms with Gasteiger partial charge in [0.2, 0.25) is 0 Å². The third kappa shape index (κ3) is 2.46. The number of nitrogens with zero attached hydrogens (tertiary/aromatic N) is 1. The molecule has 3 rings (SSSR count). The van der Waals surface area contributed by atoms with Crippen LogP contribution < -0.4 is 4.87 Å². The molecule has 22 heavy (non-hydrogen) atoms. The number of hydrogen-bond acceptors (Lipinski definition) is 3. The summed E-state index contributed by atoms with van der Waals surface area (Å²) in [5, 5.41) is 9.25. The minimum Gasteiger partial charge on any atom is -0.508 e. The smallest absolute Gasteiger partial charge is 0.416 e. The minimum absolute atomic E-state index is 0.000540. The van der Waals surface area contributed by atoms with E-state index in [1.807, 2.05) is 0 Å². The van der Waals surface area contributed by atoms with Gasteiger partial charge in [0.25, 0.3) is 0 Å². The van der Waals surface area contributed by atoms with Crippen LogP contribution in [0.15, 0.2) is 41.2 Å². The van der Waals surface area contributed by atoms with Crippen LogP contribution in [0.3, 0.4) is 0 Å². The Morgan fingerprint density at radius 1 is 1.14 bits per heavy atom. The Hall–Kier alpha value is -1.99. The summed E-state index contributed by atoms with van der Waals surface area (Å²) in [6.45, 7) is 0. The Balaban J connectivity index is 2.24. The van der Waals surface area contributed by atoms with Gasteiger partial charge in [0.05, 0.1) is 26.5 Å². The molecule has 0 spiro atoms. The Morgan fingerprint density at radius 2 is 1.86 bits per heavy atom. The van der Waals surface area contributed by atoms with Crippen LogP contribution in [0.2, 0.25) is 5.02 Å². The third-order valence-corrected chi connectivity index (χ3v) is 4.29. The van der Waals surface area contributed by atoms with Crippen molar-refractivity contribution in [3.05, 3.63) is 56.7 Å². The molecule has 1 N–H and O–H groups in total. The Labute approximate surface area is 130 Å². The summed E-state index contributed by atoms with van der Waals surface area (Å²) in [6.07, 6.45) is -4.50. The maximum Gasteiger partial charge on any atom is 0.416 e. The van der Waals surface area contributed by atoms with Crippen LogP contribution in [-0.2, 0) is 6.18 Å². The lowest BCUT2D eigenvalue weighted by atomic mass is 10.2. The lowest BCUT2D eigenvalue weighted by Crippen LogP contribution is -2.12. The number of aromatic hydroxyl groups is 1. The second-order valence-corrected chi connectivity index (χ2v) is 5.92. The first-order valence-electron chi connectivity index (χ1n) is 5.99. The van der Waals surface area contributed by atoms with Gasteiger partial charge in [0.1, 0.15) is 5.75 Å². The molecule has 8 heteroatoms. The highest BCUT2D eigenvalue weighted by atomic mass is 35.5. The second kappa shape index (κ2) is 5.03. The monoisotopic (exact) mass is 345 g/mol. The van der Waals surface area contributed by atoms with Crippen LogP contribution in [0.5, 0.6) is 5.75 Å². The molecule has 3 aromatic rings. The standard InChI is InChI=1S/C14H7ClF3NO2S/c15-9-5-7(14(16,17)18)1-3-10(9)19-11-4-2-8(20)6-12(11)22-13(19)21/h1-6,20H. The molecule has 0 aliphatic rings. The summed E-state index contributed by atoms with van der Waals surface area (Å²) >= 11 is 6.80. The van der Waals surface area contributed by atoms with Gasteiger partial charge in [-0.15, -0.1) is 0 Å². The molecule has 0 radical (unpaired) electrons. The quantitative estimate of drug-likeness (QED) is 0.709. The van der Waals surface area contributed by atoms with E-state index in [1.165, 1.54) is 22.8 Å². The molecule has 0 amide bonds. The van der Waals surface area contributed by atoms with E-state index in [-0.39, 0.29) is 16.5 Å². The lowest BCUT2D eigenvalue weighted by Gasteiger charge is -2.11. The Morgan fingerprint density at radius 3 is 2.50 bits per heavy atom. The average Bonchev–Trinajstić information content (AvgIpc) is 2.72. The molecule has 1 heterocycles. The fourth-order valence-corrected chi connectivity index (χ4v) is 3.28. The molecule has 0 bridgehead atoms. The molecular weight excluding hydrogens is 339 g/mol. The molecule has 0 saturated heterocycles. The van der Waals surface area contributed by atoms with Crippen LogP contribution in [0.25, 0.3) is 15.9 Å². The summed E-state index contributed by atoms with van der Waals surface area (Å²) in [5.41, 5.74) is -0.252. The van der Waals surface area contributed by atoms with Crippen LogP contribution in [0.1, 0.15) is 5.56 Å². The Bertz CT molecular complexity index is 930. The first kappa shape index (κ1) is 14.9. The van der Waals surface area contributed by atoms with Gasteiger partial charge in [0, 0.05) is 0 Å². The summed E-state index contributed by atoms with van der Waals surface area (Å²) in [4.78, 5) is 11.7. The number of thiazole rings is 1. The number of hydrogen-bond donors (Lipinski definition) is 1. The van der Waals surface area contributed by atoms with E-state index in [9.17, 15) is 23.1 Å². The topological polar surface area (TPSA) is 42.2 Å². The number of benzene rings is 2. The molecular formula is C14H7ClF3NO2S. The highest BCUT2D eigenvalue weighted by molar-refractivity contribution is 7.16. The van der Waals surface area contributed by atoms with Crippen molar-refractivity contribution in [3.63, 3.8) is 0 Å². The van der Waals surface area contributed by atoms with Gasteiger partial charge in [0.15, 0.2) is 0 Å². The first-order chi connectivity index (χ1) is 10.3. The van der Waals surface area contributed by atoms with Crippen molar-refractivity contribution >= 4 is 33.2 Å². The number of rotatable bonds is 1. The van der Waals surface area contributed by atoms with E-state index in [4.69, 9.17) is 11.6 Å². The molecule has 0 aliphatic heterocycles. The van der Waals surface area contributed by atoms with Crippen LogP contribution in [0, 0.1) is 0 Å². The molecule has 3 nitrogen and oxygen atoms in total. The maximum absolute atomic E-state index is 12.7. The summed E-state index contributed by atoms with van der Waals surface area (Å²) in [6, 6.07) is 7.13. The van der Waals surface area contributed by atoms with E-state index < -0.39 is 16.6 Å². The van der Waals surface area contributed by atoms with Crippen molar-refractivity contribution < 1.29 is 18.3 Å². The lowest BCUT2D eigenvalue weighted by molar-refractivity contribution is -0.137. The predicted molar refractivity (Wildman–Crippen MR) is 79.1 cm³/mol. The van der Waals surface area contributed by atoms with E-state index in [0.29, 0.717) is 10.2 Å². The number of phenols is 1. The van der Waals surface area contributed by atoms with Crippen LogP contribution in [0.4, 0.5) is 13.2 Å². The molecule has 0 saturated carbocycles. The molecule has 0 unspecified atom stereocenters. The fourth-order valence-electron chi connectivity index (χ4n) is 2.10. The summed E-state index contributed by atoms with van der Waals surface area (Å²) in [5.74, 6) is -0.000540. The normalized spacial score (nSPS) is 12.0. The minimum atomic E-state index is -4.50. The van der Waals surface area contributed by atoms with E-state index in [0.717, 1.165) is 29.5 Å². The van der Waals surface area contributed by atoms with Gasteiger partial charge in [-0.1, -0.05) is 22.9 Å². The highest BCUT2D eigenvalue weighted by Crippen LogP contribution is 2.34. The zero-order valence-corrected chi connectivity index (χ0v) is 12.3. The van der Waals surface area contributed by atoms with Crippen molar-refractivity contribution in [3.8, 4) is 11.4 Å². The van der Waals surface area contributed by atoms with Crippen molar-refractivity contribution in [1.29, 1.82) is 0 Å². The van der Waals surface area contributed by atoms with Gasteiger partial charge < -0.3 is 5.11 Å². The second-order valence-electron chi connectivity index (χ2n) is 4.52. The van der Waals surface area contributed by atoms with Gasteiger partial charge in [-0.3, -0.25) is 9.36 Å². The van der Waals surface area contributed by atoms with Crippen LogP contribution in [-0.4, -0.2) is 9.67 Å². The van der Waals surface area contributed by atoms with Gasteiger partial charge in [-0.05, 0) is 36.4 Å². The fraction of sp³-hybridized carbons (Fsp3) is 0.0714. The highest BCUT2D eigenvalue weighted by Gasteiger charge is 2.31. The van der Waals surface area contributed by atoms with Crippen molar-refractivity contribution in [2.24, 2.45) is 0 Å². The van der Waals surface area contributed by atoms with E-state index >= 15 is 0 Å². The SMILES string of the molecule is O=c1sc2cc(O)ccc2n1-c1ccc(C(F)(F)F)cc1Cl. The molecule has 0 aliphatic carbocycles. The number of phenolic OH excluding ortho intramolecular Hbond substituents is 1. The predicted octanol–water partition coefficient (Wildman–Crippen LogP) is 4.43. The molecule has 2 aromatic carbocycles. The van der Waals surface area contributed by atoms with E-state index in [1.54, 1.807) is 0 Å². The first-order valence-corrected chi connectivity index (χ1v) is 7.18. The zero-order chi connectivity index (χ0) is 16.1. The third-order valence-electron chi connectivity index (χ3n) is 3.08. The summed E-state index contributed by atoms with van der Waals surface area (Å²) in [7, 11) is 0.